The van der Waals surface area contributed by atoms with E-state index in [0.717, 1.165) is 23.1 Å². The number of hydrogen-bond acceptors (Lipinski definition) is 2. The van der Waals surface area contributed by atoms with Crippen molar-refractivity contribution >= 4 is 23.2 Å². The van der Waals surface area contributed by atoms with Gasteiger partial charge < -0.3 is 5.32 Å². The highest BCUT2D eigenvalue weighted by atomic mass is 35.5. The predicted octanol–water partition coefficient (Wildman–Crippen LogP) is 4.53. The summed E-state index contributed by atoms with van der Waals surface area (Å²) in [4.78, 5) is 12.3. The van der Waals surface area contributed by atoms with Gasteiger partial charge in [0.2, 0.25) is 0 Å². The van der Waals surface area contributed by atoms with Crippen LogP contribution in [0.3, 0.4) is 0 Å². The Labute approximate surface area is 143 Å². The van der Waals surface area contributed by atoms with Gasteiger partial charge in [-0.05, 0) is 62.4 Å². The first-order valence-electron chi connectivity index (χ1n) is 7.34. The number of benzene rings is 2. The second-order valence-electron chi connectivity index (χ2n) is 5.46. The van der Waals surface area contributed by atoms with E-state index in [4.69, 9.17) is 11.6 Å². The summed E-state index contributed by atoms with van der Waals surface area (Å²) in [5, 5.41) is 7.23. The molecule has 1 N–H and O–H groups in total. The fourth-order valence-corrected chi connectivity index (χ4v) is 2.64. The van der Waals surface area contributed by atoms with Gasteiger partial charge in [-0.25, -0.2) is 9.07 Å². The van der Waals surface area contributed by atoms with Gasteiger partial charge >= 0.3 is 0 Å². The highest BCUT2D eigenvalue weighted by Crippen LogP contribution is 2.23. The Hall–Kier alpha value is -2.66. The van der Waals surface area contributed by atoms with Gasteiger partial charge in [0.25, 0.3) is 5.91 Å². The lowest BCUT2D eigenvalue weighted by atomic mass is 10.2. The van der Waals surface area contributed by atoms with E-state index < -0.39 is 5.82 Å². The zero-order valence-corrected chi connectivity index (χ0v) is 13.9. The molecule has 3 aromatic rings. The van der Waals surface area contributed by atoms with Crippen LogP contribution in [0.4, 0.5) is 10.1 Å². The van der Waals surface area contributed by atoms with Gasteiger partial charge in [0, 0.05) is 11.3 Å². The van der Waals surface area contributed by atoms with E-state index in [0.29, 0.717) is 11.3 Å². The van der Waals surface area contributed by atoms with Gasteiger partial charge in [-0.15, -0.1) is 0 Å². The topological polar surface area (TPSA) is 46.9 Å². The van der Waals surface area contributed by atoms with E-state index in [1.165, 1.54) is 12.1 Å². The number of hydrogen-bond donors (Lipinski definition) is 1. The molecule has 0 spiro atoms. The van der Waals surface area contributed by atoms with Crippen LogP contribution in [0.2, 0.25) is 5.02 Å². The lowest BCUT2D eigenvalue weighted by molar-refractivity contribution is 0.102. The number of anilines is 1. The number of carbonyl (C=O) groups excluding carboxylic acids is 1. The molecule has 0 aliphatic rings. The lowest BCUT2D eigenvalue weighted by Gasteiger charge is -2.09. The number of carbonyl (C=O) groups is 1. The van der Waals surface area contributed by atoms with Crippen LogP contribution in [0, 0.1) is 19.7 Å². The molecule has 122 valence electrons. The summed E-state index contributed by atoms with van der Waals surface area (Å²) >= 11 is 5.92. The molecule has 0 fully saturated rings. The quantitative estimate of drug-likeness (QED) is 0.759. The summed E-state index contributed by atoms with van der Waals surface area (Å²) in [7, 11) is 0. The number of amides is 1. The second kappa shape index (κ2) is 6.45. The van der Waals surface area contributed by atoms with E-state index in [1.807, 2.05) is 36.7 Å². The van der Waals surface area contributed by atoms with Crippen molar-refractivity contribution in [3.8, 4) is 5.69 Å². The molecule has 0 aliphatic heterocycles. The van der Waals surface area contributed by atoms with E-state index in [2.05, 4.69) is 10.4 Å². The van der Waals surface area contributed by atoms with Gasteiger partial charge in [-0.3, -0.25) is 4.79 Å². The third-order valence-corrected chi connectivity index (χ3v) is 3.88. The average molecular weight is 344 g/mol. The van der Waals surface area contributed by atoms with E-state index in [-0.39, 0.29) is 10.9 Å². The SMILES string of the molecule is Cc1cc(C)n(-c2ccc(C(=O)Nc3ccc(F)cc3Cl)cc2)n1. The van der Waals surface area contributed by atoms with Crippen LogP contribution < -0.4 is 5.32 Å². The fourth-order valence-electron chi connectivity index (χ4n) is 2.43. The number of aromatic nitrogens is 2. The van der Waals surface area contributed by atoms with Crippen molar-refractivity contribution in [1.29, 1.82) is 0 Å². The molecule has 0 aliphatic carbocycles. The molecule has 2 aromatic carbocycles. The number of halogens is 2. The number of nitrogens with one attached hydrogen (secondary N) is 1. The van der Waals surface area contributed by atoms with Crippen molar-refractivity contribution in [2.45, 2.75) is 13.8 Å². The molecule has 3 rings (SSSR count). The molecule has 0 radical (unpaired) electrons. The summed E-state index contributed by atoms with van der Waals surface area (Å²) in [6.07, 6.45) is 0. The first kappa shape index (κ1) is 16.2. The van der Waals surface area contributed by atoms with Crippen LogP contribution in [0.25, 0.3) is 5.69 Å². The maximum Gasteiger partial charge on any atom is 0.255 e. The number of rotatable bonds is 3. The molecular weight excluding hydrogens is 329 g/mol. The summed E-state index contributed by atoms with van der Waals surface area (Å²) in [6.45, 7) is 3.90. The summed E-state index contributed by atoms with van der Waals surface area (Å²) in [6, 6.07) is 12.9. The smallest absolute Gasteiger partial charge is 0.255 e. The van der Waals surface area contributed by atoms with Crippen LogP contribution >= 0.6 is 11.6 Å². The highest BCUT2D eigenvalue weighted by Gasteiger charge is 2.10. The third-order valence-electron chi connectivity index (χ3n) is 3.56. The van der Waals surface area contributed by atoms with Gasteiger partial charge in [0.15, 0.2) is 0 Å². The van der Waals surface area contributed by atoms with E-state index in [1.54, 1.807) is 12.1 Å². The molecule has 0 saturated heterocycles. The Morgan fingerprint density at radius 3 is 2.42 bits per heavy atom. The van der Waals surface area contributed by atoms with Gasteiger partial charge in [0.05, 0.1) is 22.1 Å². The van der Waals surface area contributed by atoms with Crippen LogP contribution in [0.1, 0.15) is 21.7 Å². The van der Waals surface area contributed by atoms with E-state index >= 15 is 0 Å². The van der Waals surface area contributed by atoms with Gasteiger partial charge in [-0.1, -0.05) is 11.6 Å². The van der Waals surface area contributed by atoms with E-state index in [9.17, 15) is 9.18 Å². The van der Waals surface area contributed by atoms with Crippen LogP contribution in [0.15, 0.2) is 48.5 Å². The Morgan fingerprint density at radius 2 is 1.83 bits per heavy atom. The molecule has 0 bridgehead atoms. The molecule has 0 saturated carbocycles. The minimum Gasteiger partial charge on any atom is -0.321 e. The minimum absolute atomic E-state index is 0.155. The largest absolute Gasteiger partial charge is 0.321 e. The maximum absolute atomic E-state index is 13.0. The first-order valence-corrected chi connectivity index (χ1v) is 7.72. The monoisotopic (exact) mass is 343 g/mol. The lowest BCUT2D eigenvalue weighted by Crippen LogP contribution is -2.12. The zero-order valence-electron chi connectivity index (χ0n) is 13.2. The Balaban J connectivity index is 1.80. The average Bonchev–Trinajstić information content (AvgIpc) is 2.88. The summed E-state index contributed by atoms with van der Waals surface area (Å²) in [5.41, 5.74) is 3.66. The molecule has 24 heavy (non-hydrogen) atoms. The molecule has 1 heterocycles. The Morgan fingerprint density at radius 1 is 1.12 bits per heavy atom. The third kappa shape index (κ3) is 3.31. The molecule has 1 amide bonds. The second-order valence-corrected chi connectivity index (χ2v) is 5.87. The van der Waals surface area contributed by atoms with Crippen molar-refractivity contribution in [3.63, 3.8) is 0 Å². The van der Waals surface area contributed by atoms with Crippen LogP contribution in [-0.4, -0.2) is 15.7 Å². The Kier molecular flexibility index (Phi) is 4.36. The Bertz CT molecular complexity index is 903. The van der Waals surface area contributed by atoms with Crippen molar-refractivity contribution in [1.82, 2.24) is 9.78 Å². The van der Waals surface area contributed by atoms with Gasteiger partial charge in [-0.2, -0.15) is 5.10 Å². The number of nitrogens with zero attached hydrogens (tertiary/aromatic N) is 2. The van der Waals surface area contributed by atoms with Crippen molar-refractivity contribution in [2.75, 3.05) is 5.32 Å². The van der Waals surface area contributed by atoms with Crippen molar-refractivity contribution < 1.29 is 9.18 Å². The first-order chi connectivity index (χ1) is 11.4. The fraction of sp³-hybridized carbons (Fsp3) is 0.111. The van der Waals surface area contributed by atoms with Crippen LogP contribution in [-0.2, 0) is 0 Å². The predicted molar refractivity (Wildman–Crippen MR) is 92.4 cm³/mol. The summed E-state index contributed by atoms with van der Waals surface area (Å²) < 4.78 is 14.9. The number of aryl methyl sites for hydroxylation is 2. The maximum atomic E-state index is 13.0. The highest BCUT2D eigenvalue weighted by molar-refractivity contribution is 6.33. The van der Waals surface area contributed by atoms with Crippen molar-refractivity contribution in [2.24, 2.45) is 0 Å². The van der Waals surface area contributed by atoms with Crippen molar-refractivity contribution in [3.05, 3.63) is 76.3 Å². The molecular formula is C18H15ClFN3O. The zero-order chi connectivity index (χ0) is 17.3. The molecule has 0 unspecified atom stereocenters. The molecule has 1 aromatic heterocycles. The molecule has 4 nitrogen and oxygen atoms in total. The molecule has 0 atom stereocenters. The normalized spacial score (nSPS) is 10.7. The molecule has 6 heteroatoms. The van der Waals surface area contributed by atoms with Gasteiger partial charge in [0.1, 0.15) is 5.82 Å². The summed E-state index contributed by atoms with van der Waals surface area (Å²) in [5.74, 6) is -0.768. The minimum atomic E-state index is -0.452. The van der Waals surface area contributed by atoms with Crippen LogP contribution in [0.5, 0.6) is 0 Å². The standard InChI is InChI=1S/C18H15ClFN3O/c1-11-9-12(2)23(22-11)15-6-3-13(4-7-15)18(24)21-17-8-5-14(20)10-16(17)19/h3-10H,1-2H3,(H,21,24).